The maximum Gasteiger partial charge on any atom is 0.306 e. The lowest BCUT2D eigenvalue weighted by atomic mass is 10.0. The first-order chi connectivity index (χ1) is 29.5. The molecule has 0 aliphatic rings. The average molecular weight is 837 g/mol. The summed E-state index contributed by atoms with van der Waals surface area (Å²) < 4.78 is 16.5. The maximum absolute atomic E-state index is 12.5. The largest absolute Gasteiger partial charge is 0.462 e. The first-order valence-corrected chi connectivity index (χ1v) is 24.9. The van der Waals surface area contributed by atoms with Gasteiger partial charge in [-0.05, 0) is 70.6 Å². The van der Waals surface area contributed by atoms with Crippen LogP contribution >= 0.6 is 0 Å². The Morgan fingerprint density at radius 3 is 1.02 bits per heavy atom. The van der Waals surface area contributed by atoms with Crippen LogP contribution in [0.5, 0.6) is 0 Å². The van der Waals surface area contributed by atoms with Crippen molar-refractivity contribution in [1.82, 2.24) is 0 Å². The lowest BCUT2D eigenvalue weighted by molar-refractivity contribution is -0.167. The van der Waals surface area contributed by atoms with E-state index in [1.54, 1.807) is 0 Å². The quantitative estimate of drug-likeness (QED) is 0.0263. The third kappa shape index (κ3) is 45.9. The van der Waals surface area contributed by atoms with E-state index in [0.717, 1.165) is 103 Å². The van der Waals surface area contributed by atoms with Gasteiger partial charge in [0, 0.05) is 19.3 Å². The number of allylic oxidation sites excluding steroid dienone is 12. The van der Waals surface area contributed by atoms with Gasteiger partial charge in [0.15, 0.2) is 6.10 Å². The van der Waals surface area contributed by atoms with Crippen LogP contribution in [-0.2, 0) is 28.6 Å². The fraction of sp³-hybridized carbons (Fsp3) is 0.722. The highest BCUT2D eigenvalue weighted by atomic mass is 16.6. The van der Waals surface area contributed by atoms with E-state index in [9.17, 15) is 14.4 Å². The van der Waals surface area contributed by atoms with Crippen LogP contribution in [0.15, 0.2) is 72.9 Å². The van der Waals surface area contributed by atoms with Crippen LogP contribution in [0.4, 0.5) is 0 Å². The molecule has 0 radical (unpaired) electrons. The monoisotopic (exact) mass is 837 g/mol. The number of ether oxygens (including phenoxy) is 3. The molecule has 0 spiro atoms. The number of esters is 3. The number of rotatable bonds is 44. The summed E-state index contributed by atoms with van der Waals surface area (Å²) >= 11 is 0. The lowest BCUT2D eigenvalue weighted by Crippen LogP contribution is -2.30. The van der Waals surface area contributed by atoms with Crippen molar-refractivity contribution in [2.24, 2.45) is 0 Å². The molecule has 344 valence electrons. The Kier molecular flexibility index (Phi) is 46.0. The second-order valence-corrected chi connectivity index (χ2v) is 16.4. The molecule has 0 heterocycles. The first kappa shape index (κ1) is 56.9. The van der Waals surface area contributed by atoms with Crippen LogP contribution < -0.4 is 0 Å². The Hall–Kier alpha value is -3.15. The van der Waals surface area contributed by atoms with E-state index in [0.29, 0.717) is 19.3 Å². The SMILES string of the molecule is CC/C=C\C/C=C\C/C=C\C/C=C\C/C=C\C/C=C\CCCCCCCCCCCCCCC(=O)OCC(COC(=O)CCCCCCC)OC(=O)CCCCCCCC. The molecule has 0 rings (SSSR count). The predicted octanol–water partition coefficient (Wildman–Crippen LogP) is 16.3. The van der Waals surface area contributed by atoms with Gasteiger partial charge in [-0.2, -0.15) is 0 Å². The van der Waals surface area contributed by atoms with Crippen LogP contribution in [-0.4, -0.2) is 37.2 Å². The molecule has 0 aliphatic carbocycles. The first-order valence-electron chi connectivity index (χ1n) is 24.9. The summed E-state index contributed by atoms with van der Waals surface area (Å²) in [5, 5.41) is 0. The van der Waals surface area contributed by atoms with Crippen LogP contribution in [0.2, 0.25) is 0 Å². The second-order valence-electron chi connectivity index (χ2n) is 16.4. The van der Waals surface area contributed by atoms with Crippen LogP contribution in [0.1, 0.15) is 233 Å². The Balaban J connectivity index is 3.88. The summed E-state index contributed by atoms with van der Waals surface area (Å²) in [6.45, 7) is 6.36. The highest BCUT2D eigenvalue weighted by Crippen LogP contribution is 2.14. The van der Waals surface area contributed by atoms with Crippen LogP contribution in [0.3, 0.4) is 0 Å². The number of unbranched alkanes of at least 4 members (excludes halogenated alkanes) is 21. The summed E-state index contributed by atoms with van der Waals surface area (Å²) in [5.74, 6) is -0.903. The number of hydrogen-bond acceptors (Lipinski definition) is 6. The number of hydrogen-bond donors (Lipinski definition) is 0. The van der Waals surface area contributed by atoms with Crippen molar-refractivity contribution in [3.8, 4) is 0 Å². The van der Waals surface area contributed by atoms with Crippen molar-refractivity contribution in [1.29, 1.82) is 0 Å². The van der Waals surface area contributed by atoms with E-state index in [2.05, 4.69) is 93.7 Å². The Morgan fingerprint density at radius 2 is 0.650 bits per heavy atom. The molecule has 1 atom stereocenters. The van der Waals surface area contributed by atoms with Gasteiger partial charge in [-0.1, -0.05) is 216 Å². The molecule has 0 aliphatic heterocycles. The Morgan fingerprint density at radius 1 is 0.350 bits per heavy atom. The smallest absolute Gasteiger partial charge is 0.306 e. The molecule has 1 unspecified atom stereocenters. The van der Waals surface area contributed by atoms with Crippen LogP contribution in [0.25, 0.3) is 0 Å². The van der Waals surface area contributed by atoms with Gasteiger partial charge in [-0.25, -0.2) is 0 Å². The van der Waals surface area contributed by atoms with Crippen LogP contribution in [0, 0.1) is 0 Å². The molecule has 6 heteroatoms. The number of carbonyl (C=O) groups is 3. The van der Waals surface area contributed by atoms with Crippen molar-refractivity contribution in [3.63, 3.8) is 0 Å². The van der Waals surface area contributed by atoms with Gasteiger partial charge < -0.3 is 14.2 Å². The molecule has 0 bridgehead atoms. The van der Waals surface area contributed by atoms with Crippen molar-refractivity contribution >= 4 is 17.9 Å². The van der Waals surface area contributed by atoms with Gasteiger partial charge in [0.2, 0.25) is 0 Å². The molecular formula is C54H92O6. The van der Waals surface area contributed by atoms with Gasteiger partial charge in [0.1, 0.15) is 13.2 Å². The molecule has 60 heavy (non-hydrogen) atoms. The molecule has 0 saturated heterocycles. The van der Waals surface area contributed by atoms with Crippen molar-refractivity contribution in [2.45, 2.75) is 239 Å². The second kappa shape index (κ2) is 48.5. The normalized spacial score (nSPS) is 12.7. The van der Waals surface area contributed by atoms with Crippen molar-refractivity contribution in [3.05, 3.63) is 72.9 Å². The molecule has 0 fully saturated rings. The molecule has 0 N–H and O–H groups in total. The van der Waals surface area contributed by atoms with E-state index in [1.807, 2.05) is 0 Å². The van der Waals surface area contributed by atoms with Crippen molar-refractivity contribution in [2.75, 3.05) is 13.2 Å². The molecule has 0 aromatic rings. The summed E-state index contributed by atoms with van der Waals surface area (Å²) in [7, 11) is 0. The van der Waals surface area contributed by atoms with Gasteiger partial charge >= 0.3 is 17.9 Å². The summed E-state index contributed by atoms with van der Waals surface area (Å²) in [6, 6.07) is 0. The molecular weight excluding hydrogens is 745 g/mol. The van der Waals surface area contributed by atoms with E-state index < -0.39 is 6.10 Å². The van der Waals surface area contributed by atoms with Gasteiger partial charge in [0.25, 0.3) is 0 Å². The van der Waals surface area contributed by atoms with E-state index in [4.69, 9.17) is 14.2 Å². The fourth-order valence-electron chi connectivity index (χ4n) is 6.74. The third-order valence-electron chi connectivity index (χ3n) is 10.5. The zero-order chi connectivity index (χ0) is 43.7. The van der Waals surface area contributed by atoms with Crippen molar-refractivity contribution < 1.29 is 28.6 Å². The lowest BCUT2D eigenvalue weighted by Gasteiger charge is -2.18. The topological polar surface area (TPSA) is 78.9 Å². The average Bonchev–Trinajstić information content (AvgIpc) is 3.24. The molecule has 0 amide bonds. The summed E-state index contributed by atoms with van der Waals surface area (Å²) in [6.07, 6.45) is 61.1. The molecule has 0 aromatic carbocycles. The zero-order valence-electron chi connectivity index (χ0n) is 39.2. The minimum atomic E-state index is -0.765. The maximum atomic E-state index is 12.5. The molecule has 0 saturated carbocycles. The minimum Gasteiger partial charge on any atom is -0.462 e. The molecule has 0 aromatic heterocycles. The highest BCUT2D eigenvalue weighted by Gasteiger charge is 2.19. The van der Waals surface area contributed by atoms with E-state index in [1.165, 1.54) is 89.9 Å². The van der Waals surface area contributed by atoms with E-state index in [-0.39, 0.29) is 31.1 Å². The number of carbonyl (C=O) groups excluding carboxylic acids is 3. The summed E-state index contributed by atoms with van der Waals surface area (Å²) in [4.78, 5) is 37.3. The van der Waals surface area contributed by atoms with Gasteiger partial charge in [-0.15, -0.1) is 0 Å². The standard InChI is InChI=1S/C54H92O6/c1-4-7-10-13-15-16-17-18-19-20-21-22-23-24-25-26-27-28-29-30-31-32-33-34-35-36-37-38-39-42-44-47-53(56)59-50-51(49-58-52(55)46-43-40-12-9-6-3)60-54(57)48-45-41-14-11-8-5-2/h7,10,15-16,18-19,21-22,24-25,27-28,51H,4-6,8-9,11-14,17,20,23,26,29-50H2,1-3H3/b10-7-,16-15-,19-18-,22-21-,25-24-,28-27-. The zero-order valence-corrected chi connectivity index (χ0v) is 39.2. The summed E-state index contributed by atoms with van der Waals surface area (Å²) in [5.41, 5.74) is 0. The predicted molar refractivity (Wildman–Crippen MR) is 256 cm³/mol. The Labute approximate surface area is 370 Å². The third-order valence-corrected chi connectivity index (χ3v) is 10.5. The van der Waals surface area contributed by atoms with Gasteiger partial charge in [-0.3, -0.25) is 14.4 Å². The highest BCUT2D eigenvalue weighted by molar-refractivity contribution is 5.71. The van der Waals surface area contributed by atoms with E-state index >= 15 is 0 Å². The minimum absolute atomic E-state index is 0.0750. The van der Waals surface area contributed by atoms with Gasteiger partial charge in [0.05, 0.1) is 0 Å². The fourth-order valence-corrected chi connectivity index (χ4v) is 6.74. The molecule has 6 nitrogen and oxygen atoms in total. The Bertz CT molecular complexity index is 1140.